The number of hydrogen-bond donors (Lipinski definition) is 0. The second-order valence-electron chi connectivity index (χ2n) is 6.85. The molecule has 0 radical (unpaired) electrons. The van der Waals surface area contributed by atoms with Gasteiger partial charge in [0.2, 0.25) is 0 Å². The van der Waals surface area contributed by atoms with E-state index in [2.05, 4.69) is 29.1 Å². The zero-order valence-electron chi connectivity index (χ0n) is 17.0. The molecule has 0 aromatic heterocycles. The van der Waals surface area contributed by atoms with Gasteiger partial charge in [-0.1, -0.05) is 103 Å². The molecule has 0 aliphatic carbocycles. The highest BCUT2D eigenvalue weighted by atomic mass is 79.9. The molecule has 154 valence electrons. The number of hydrogen-bond acceptors (Lipinski definition) is 3. The number of Topliss-reactive ketones (excluding diaryl/α,β-unsaturated/α-hetero) is 3. The van der Waals surface area contributed by atoms with Crippen LogP contribution >= 0.6 is 15.9 Å². The molecule has 2 unspecified atom stereocenters. The fraction of sp³-hybridized carbons (Fsp3) is 0.192. The summed E-state index contributed by atoms with van der Waals surface area (Å²) in [5.74, 6) is -3.07. The van der Waals surface area contributed by atoms with Gasteiger partial charge in [-0.2, -0.15) is 0 Å². The van der Waals surface area contributed by atoms with Crippen LogP contribution in [0.25, 0.3) is 0 Å². The molecule has 30 heavy (non-hydrogen) atoms. The van der Waals surface area contributed by atoms with Gasteiger partial charge in [0, 0.05) is 22.0 Å². The Morgan fingerprint density at radius 1 is 0.933 bits per heavy atom. The topological polar surface area (TPSA) is 51.2 Å². The summed E-state index contributed by atoms with van der Waals surface area (Å²) < 4.78 is 0.586. The number of benzene rings is 2. The van der Waals surface area contributed by atoms with Crippen LogP contribution in [0.2, 0.25) is 0 Å². The van der Waals surface area contributed by atoms with Crippen LogP contribution in [-0.4, -0.2) is 17.3 Å². The van der Waals surface area contributed by atoms with Crippen LogP contribution < -0.4 is 0 Å². The molecule has 0 aliphatic heterocycles. The Kier molecular flexibility index (Phi) is 8.88. The van der Waals surface area contributed by atoms with Crippen LogP contribution in [0, 0.1) is 11.8 Å². The highest BCUT2D eigenvalue weighted by molar-refractivity contribution is 9.10. The number of ketones is 3. The lowest BCUT2D eigenvalue weighted by atomic mass is 9.73. The minimum atomic E-state index is -1.15. The van der Waals surface area contributed by atoms with Crippen molar-refractivity contribution < 1.29 is 14.4 Å². The van der Waals surface area contributed by atoms with Crippen LogP contribution in [0.15, 0.2) is 96.0 Å². The minimum Gasteiger partial charge on any atom is -0.299 e. The lowest BCUT2D eigenvalue weighted by Crippen LogP contribution is -2.37. The predicted molar refractivity (Wildman–Crippen MR) is 125 cm³/mol. The Morgan fingerprint density at radius 3 is 2.13 bits per heavy atom. The molecule has 0 saturated carbocycles. The molecule has 2 atom stereocenters. The third-order valence-electron chi connectivity index (χ3n) is 4.84. The van der Waals surface area contributed by atoms with Crippen molar-refractivity contribution in [2.75, 3.05) is 0 Å². The fourth-order valence-corrected chi connectivity index (χ4v) is 3.91. The summed E-state index contributed by atoms with van der Waals surface area (Å²) in [6.07, 6.45) is 5.48. The van der Waals surface area contributed by atoms with Gasteiger partial charge in [0.15, 0.2) is 11.6 Å². The van der Waals surface area contributed by atoms with E-state index in [1.54, 1.807) is 54.6 Å². The summed E-state index contributed by atoms with van der Waals surface area (Å²) in [6.45, 7) is 9.40. The van der Waals surface area contributed by atoms with E-state index >= 15 is 0 Å². The van der Waals surface area contributed by atoms with Crippen molar-refractivity contribution in [1.29, 1.82) is 0 Å². The number of carbonyl (C=O) groups excluding carboxylic acids is 3. The highest BCUT2D eigenvalue weighted by Gasteiger charge is 2.40. The SMILES string of the molecule is C=C/C=C(\C=C)C(C(=O)c1ccccc1)C(C(=O)CCC)C(=O)c1ccccc1Br. The van der Waals surface area contributed by atoms with E-state index in [0.717, 1.165) is 0 Å². The van der Waals surface area contributed by atoms with Crippen molar-refractivity contribution in [3.05, 3.63) is 107 Å². The third-order valence-corrected chi connectivity index (χ3v) is 5.54. The summed E-state index contributed by atoms with van der Waals surface area (Å²) in [5, 5.41) is 0. The van der Waals surface area contributed by atoms with Gasteiger partial charge in [-0.3, -0.25) is 14.4 Å². The maximum atomic E-state index is 13.6. The van der Waals surface area contributed by atoms with Crippen molar-refractivity contribution in [2.24, 2.45) is 11.8 Å². The van der Waals surface area contributed by atoms with Crippen LogP contribution in [0.1, 0.15) is 40.5 Å². The molecule has 0 spiro atoms. The summed E-state index contributed by atoms with van der Waals surface area (Å²) >= 11 is 3.40. The second kappa shape index (κ2) is 11.4. The van der Waals surface area contributed by atoms with E-state index in [-0.39, 0.29) is 23.8 Å². The summed E-state index contributed by atoms with van der Waals surface area (Å²) in [7, 11) is 0. The predicted octanol–water partition coefficient (Wildman–Crippen LogP) is 6.41. The van der Waals surface area contributed by atoms with Crippen molar-refractivity contribution in [3.8, 4) is 0 Å². The maximum Gasteiger partial charge on any atom is 0.175 e. The fourth-order valence-electron chi connectivity index (χ4n) is 3.43. The number of carbonyl (C=O) groups is 3. The van der Waals surface area contributed by atoms with E-state index in [0.29, 0.717) is 27.6 Å². The molecular weight excluding hydrogens is 440 g/mol. The van der Waals surface area contributed by atoms with Gasteiger partial charge >= 0.3 is 0 Å². The molecule has 0 bridgehead atoms. The molecule has 2 aromatic rings. The molecule has 2 rings (SSSR count). The molecule has 3 nitrogen and oxygen atoms in total. The molecule has 0 amide bonds. The number of halogens is 1. The van der Waals surface area contributed by atoms with Gasteiger partial charge in [-0.25, -0.2) is 0 Å². The smallest absolute Gasteiger partial charge is 0.175 e. The third kappa shape index (κ3) is 5.39. The average Bonchev–Trinajstić information content (AvgIpc) is 2.76. The number of allylic oxidation sites excluding steroid dienone is 4. The lowest BCUT2D eigenvalue weighted by Gasteiger charge is -2.26. The Labute approximate surface area is 186 Å². The largest absolute Gasteiger partial charge is 0.299 e. The van der Waals surface area contributed by atoms with Crippen LogP contribution in [-0.2, 0) is 4.79 Å². The number of rotatable bonds is 11. The minimum absolute atomic E-state index is 0.206. The monoisotopic (exact) mass is 464 g/mol. The van der Waals surface area contributed by atoms with Gasteiger partial charge in [0.25, 0.3) is 0 Å². The van der Waals surface area contributed by atoms with E-state index < -0.39 is 11.8 Å². The summed E-state index contributed by atoms with van der Waals surface area (Å²) in [4.78, 5) is 40.3. The molecule has 4 heteroatoms. The van der Waals surface area contributed by atoms with Crippen LogP contribution in [0.5, 0.6) is 0 Å². The quantitative estimate of drug-likeness (QED) is 0.219. The van der Waals surface area contributed by atoms with Crippen LogP contribution in [0.3, 0.4) is 0 Å². The van der Waals surface area contributed by atoms with Gasteiger partial charge in [-0.15, -0.1) is 0 Å². The van der Waals surface area contributed by atoms with E-state index in [9.17, 15) is 14.4 Å². The van der Waals surface area contributed by atoms with Crippen molar-refractivity contribution in [2.45, 2.75) is 19.8 Å². The van der Waals surface area contributed by atoms with E-state index in [1.165, 1.54) is 12.2 Å². The Balaban J connectivity index is 2.70. The average molecular weight is 465 g/mol. The van der Waals surface area contributed by atoms with Crippen LogP contribution in [0.4, 0.5) is 0 Å². The first-order valence-electron chi connectivity index (χ1n) is 9.82. The first-order valence-corrected chi connectivity index (χ1v) is 10.6. The Morgan fingerprint density at radius 2 is 1.57 bits per heavy atom. The zero-order chi connectivity index (χ0) is 22.1. The normalized spacial score (nSPS) is 13.2. The zero-order valence-corrected chi connectivity index (χ0v) is 18.6. The molecule has 0 fully saturated rings. The Bertz CT molecular complexity index is 973. The molecule has 0 N–H and O–H groups in total. The first kappa shape index (κ1) is 23.4. The van der Waals surface area contributed by atoms with E-state index in [4.69, 9.17) is 0 Å². The molecule has 0 heterocycles. The molecule has 0 saturated heterocycles. The van der Waals surface area contributed by atoms with E-state index in [1.807, 2.05) is 13.0 Å². The van der Waals surface area contributed by atoms with Crippen molar-refractivity contribution in [1.82, 2.24) is 0 Å². The van der Waals surface area contributed by atoms with Gasteiger partial charge in [0.1, 0.15) is 5.78 Å². The molecule has 2 aromatic carbocycles. The van der Waals surface area contributed by atoms with Crippen molar-refractivity contribution in [3.63, 3.8) is 0 Å². The lowest BCUT2D eigenvalue weighted by molar-refractivity contribution is -0.122. The standard InChI is InChI=1S/C26H25BrO3/c1-4-12-18(6-3)23(25(29)19-14-8-7-9-15-19)24(22(28)13-5-2)26(30)20-16-10-11-17-21(20)27/h4,6-12,14-17,23-24H,1,3,5,13H2,2H3/b18-12+. The first-order chi connectivity index (χ1) is 14.5. The summed E-state index contributed by atoms with van der Waals surface area (Å²) in [6, 6.07) is 15.6. The maximum absolute atomic E-state index is 13.6. The highest BCUT2D eigenvalue weighted by Crippen LogP contribution is 2.33. The summed E-state index contributed by atoms with van der Waals surface area (Å²) in [5.41, 5.74) is 1.31. The van der Waals surface area contributed by atoms with Crippen molar-refractivity contribution >= 4 is 33.3 Å². The Hall–Kier alpha value is -2.85. The van der Waals surface area contributed by atoms with Gasteiger partial charge in [0.05, 0.1) is 11.8 Å². The van der Waals surface area contributed by atoms with Gasteiger partial charge in [-0.05, 0) is 18.1 Å². The molecular formula is C26H25BrO3. The second-order valence-corrected chi connectivity index (χ2v) is 7.71. The molecule has 0 aliphatic rings. The van der Waals surface area contributed by atoms with Gasteiger partial charge < -0.3 is 0 Å².